The Kier molecular flexibility index (Phi) is 12.9. The first-order chi connectivity index (χ1) is 14.8. The number of nitrogens with one attached hydrogen (secondary N) is 1. The average Bonchev–Trinajstić information content (AvgIpc) is 3.22. The number of aliphatic hydroxyl groups excluding tert-OH is 1. The molecule has 1 aliphatic rings. The highest BCUT2D eigenvalue weighted by Crippen LogP contribution is 2.21. The molecule has 2 rings (SSSR count). The van der Waals surface area contributed by atoms with E-state index in [4.69, 9.17) is 28.8 Å². The lowest BCUT2D eigenvalue weighted by Gasteiger charge is -2.24. The third kappa shape index (κ3) is 9.70. The smallest absolute Gasteiger partial charge is 0.119 e. The number of methoxy groups -OCH3 is 1. The molecule has 1 fully saturated rings. The largest absolute Gasteiger partial charge is 0.491 e. The molecule has 0 aromatic heterocycles. The number of benzene rings is 1. The van der Waals surface area contributed by atoms with Gasteiger partial charge in [-0.2, -0.15) is 0 Å². The average molecular weight is 427 g/mol. The Morgan fingerprint density at radius 1 is 1.03 bits per heavy atom. The molecule has 8 nitrogen and oxygen atoms in total. The van der Waals surface area contributed by atoms with Gasteiger partial charge in [0.2, 0.25) is 0 Å². The van der Waals surface area contributed by atoms with Gasteiger partial charge < -0.3 is 34.1 Å². The number of rotatable bonds is 17. The topological polar surface area (TPSA) is 81.7 Å². The summed E-state index contributed by atoms with van der Waals surface area (Å²) in [6.45, 7) is 6.83. The number of nitrogens with zero attached hydrogens (tertiary/aromatic N) is 1. The summed E-state index contributed by atoms with van der Waals surface area (Å²) in [5.74, 6) is 0.779. The van der Waals surface area contributed by atoms with E-state index in [0.717, 1.165) is 31.8 Å². The van der Waals surface area contributed by atoms with Crippen molar-refractivity contribution in [1.82, 2.24) is 10.2 Å². The summed E-state index contributed by atoms with van der Waals surface area (Å²) in [6, 6.07) is 8.31. The molecular formula is C22H38N2O6. The van der Waals surface area contributed by atoms with Crippen LogP contribution < -0.4 is 10.1 Å². The Balaban J connectivity index is 1.60. The molecule has 8 heteroatoms. The maximum absolute atomic E-state index is 8.85. The predicted octanol–water partition coefficient (Wildman–Crippen LogP) is 1.09. The standard InChI is InChI=1S/C22H38N2O6/c1-23-22(19-3-5-20(6-4-19)29-10-9-25)18-24-8-7-21(17-24)30-16-15-28-14-13-27-12-11-26-2/h3-6,21-23,25H,7-18H2,1-2H3. The van der Waals surface area contributed by atoms with Crippen LogP contribution in [0.15, 0.2) is 24.3 Å². The van der Waals surface area contributed by atoms with E-state index in [1.54, 1.807) is 7.11 Å². The quantitative estimate of drug-likeness (QED) is 0.358. The first-order valence-electron chi connectivity index (χ1n) is 10.8. The molecule has 2 N–H and O–H groups in total. The lowest BCUT2D eigenvalue weighted by Crippen LogP contribution is -2.33. The minimum Gasteiger partial charge on any atom is -0.491 e. The van der Waals surface area contributed by atoms with E-state index in [0.29, 0.717) is 46.2 Å². The second-order valence-electron chi connectivity index (χ2n) is 7.24. The van der Waals surface area contributed by atoms with Crippen molar-refractivity contribution in [2.24, 2.45) is 0 Å². The molecule has 0 aliphatic carbocycles. The minimum absolute atomic E-state index is 0.0223. The van der Waals surface area contributed by atoms with Gasteiger partial charge in [-0.05, 0) is 31.2 Å². The highest BCUT2D eigenvalue weighted by atomic mass is 16.6. The van der Waals surface area contributed by atoms with Crippen molar-refractivity contribution in [2.75, 3.05) is 86.6 Å². The fourth-order valence-electron chi connectivity index (χ4n) is 3.42. The Bertz CT molecular complexity index is 545. The van der Waals surface area contributed by atoms with Gasteiger partial charge in [0.05, 0.1) is 52.4 Å². The number of hydrogen-bond donors (Lipinski definition) is 2. The van der Waals surface area contributed by atoms with Crippen molar-refractivity contribution in [3.05, 3.63) is 29.8 Å². The fourth-order valence-corrected chi connectivity index (χ4v) is 3.42. The summed E-state index contributed by atoms with van der Waals surface area (Å²) >= 11 is 0. The van der Waals surface area contributed by atoms with Gasteiger partial charge in [0.25, 0.3) is 0 Å². The lowest BCUT2D eigenvalue weighted by atomic mass is 10.1. The molecule has 1 aliphatic heterocycles. The van der Waals surface area contributed by atoms with Crippen molar-refractivity contribution in [2.45, 2.75) is 18.6 Å². The molecule has 1 aromatic rings. The molecule has 1 saturated heterocycles. The van der Waals surface area contributed by atoms with Crippen molar-refractivity contribution in [3.8, 4) is 5.75 Å². The second-order valence-corrected chi connectivity index (χ2v) is 7.24. The molecule has 0 saturated carbocycles. The summed E-state index contributed by atoms with van der Waals surface area (Å²) in [4.78, 5) is 2.44. The van der Waals surface area contributed by atoms with Crippen LogP contribution in [0, 0.1) is 0 Å². The monoisotopic (exact) mass is 426 g/mol. The molecule has 30 heavy (non-hydrogen) atoms. The summed E-state index contributed by atoms with van der Waals surface area (Å²) in [5.41, 5.74) is 1.22. The fraction of sp³-hybridized carbons (Fsp3) is 0.727. The van der Waals surface area contributed by atoms with Crippen LogP contribution in [0.2, 0.25) is 0 Å². The molecule has 0 amide bonds. The van der Waals surface area contributed by atoms with Gasteiger partial charge in [-0.25, -0.2) is 0 Å². The van der Waals surface area contributed by atoms with Gasteiger partial charge in [-0.15, -0.1) is 0 Å². The van der Waals surface area contributed by atoms with Crippen LogP contribution in [0.4, 0.5) is 0 Å². The van der Waals surface area contributed by atoms with Crippen molar-refractivity contribution in [1.29, 1.82) is 0 Å². The van der Waals surface area contributed by atoms with Crippen molar-refractivity contribution < 1.29 is 28.8 Å². The van der Waals surface area contributed by atoms with E-state index in [1.807, 2.05) is 19.2 Å². The number of aliphatic hydroxyl groups is 1. The molecule has 0 spiro atoms. The number of hydrogen-bond acceptors (Lipinski definition) is 8. The van der Waals surface area contributed by atoms with Crippen LogP contribution in [0.3, 0.4) is 0 Å². The van der Waals surface area contributed by atoms with Crippen LogP contribution in [0.1, 0.15) is 18.0 Å². The van der Waals surface area contributed by atoms with Gasteiger partial charge in [0.15, 0.2) is 0 Å². The maximum Gasteiger partial charge on any atom is 0.119 e. The molecule has 2 atom stereocenters. The zero-order valence-electron chi connectivity index (χ0n) is 18.4. The van der Waals surface area contributed by atoms with Crippen LogP contribution in [0.25, 0.3) is 0 Å². The van der Waals surface area contributed by atoms with Gasteiger partial charge in [0, 0.05) is 32.8 Å². The number of likely N-dealkylation sites (N-methyl/N-ethyl adjacent to an activating group) is 1. The molecular weight excluding hydrogens is 388 g/mol. The number of ether oxygens (including phenoxy) is 5. The van der Waals surface area contributed by atoms with Gasteiger partial charge in [0.1, 0.15) is 12.4 Å². The number of likely N-dealkylation sites (tertiary alicyclic amines) is 1. The molecule has 1 heterocycles. The summed E-state index contributed by atoms with van der Waals surface area (Å²) in [6.07, 6.45) is 1.31. The second kappa shape index (κ2) is 15.5. The third-order valence-electron chi connectivity index (χ3n) is 5.05. The van der Waals surface area contributed by atoms with Crippen LogP contribution >= 0.6 is 0 Å². The maximum atomic E-state index is 8.85. The zero-order valence-corrected chi connectivity index (χ0v) is 18.4. The normalized spacial score (nSPS) is 18.0. The van der Waals surface area contributed by atoms with Gasteiger partial charge >= 0.3 is 0 Å². The van der Waals surface area contributed by atoms with Crippen molar-refractivity contribution >= 4 is 0 Å². The van der Waals surface area contributed by atoms with Gasteiger partial charge in [-0.1, -0.05) is 12.1 Å². The predicted molar refractivity (Wildman–Crippen MR) is 115 cm³/mol. The van der Waals surface area contributed by atoms with E-state index < -0.39 is 0 Å². The highest BCUT2D eigenvalue weighted by Gasteiger charge is 2.25. The Hall–Kier alpha value is -1.26. The van der Waals surface area contributed by atoms with Gasteiger partial charge in [-0.3, -0.25) is 4.90 Å². The van der Waals surface area contributed by atoms with Crippen LogP contribution in [-0.2, 0) is 18.9 Å². The SMILES string of the molecule is CNC(CN1CCC(OCCOCCOCCOC)C1)c1ccc(OCCO)cc1. The van der Waals surface area contributed by atoms with E-state index in [-0.39, 0.29) is 18.8 Å². The van der Waals surface area contributed by atoms with Crippen LogP contribution in [-0.4, -0.2) is 103 Å². The van der Waals surface area contributed by atoms with E-state index in [2.05, 4.69) is 22.3 Å². The lowest BCUT2D eigenvalue weighted by molar-refractivity contribution is -0.0137. The Morgan fingerprint density at radius 2 is 1.73 bits per heavy atom. The Labute approximate surface area is 180 Å². The zero-order chi connectivity index (χ0) is 21.4. The Morgan fingerprint density at radius 3 is 2.40 bits per heavy atom. The first-order valence-corrected chi connectivity index (χ1v) is 10.8. The highest BCUT2D eigenvalue weighted by molar-refractivity contribution is 5.29. The first kappa shape index (κ1) is 25.0. The van der Waals surface area contributed by atoms with E-state index in [1.165, 1.54) is 5.56 Å². The van der Waals surface area contributed by atoms with Crippen LogP contribution in [0.5, 0.6) is 5.75 Å². The molecule has 2 unspecified atom stereocenters. The summed E-state index contributed by atoms with van der Waals surface area (Å²) in [5, 5.41) is 12.3. The molecule has 172 valence electrons. The molecule has 1 aromatic carbocycles. The third-order valence-corrected chi connectivity index (χ3v) is 5.05. The molecule has 0 radical (unpaired) electrons. The van der Waals surface area contributed by atoms with E-state index in [9.17, 15) is 0 Å². The van der Waals surface area contributed by atoms with Crippen molar-refractivity contribution in [3.63, 3.8) is 0 Å². The van der Waals surface area contributed by atoms with E-state index >= 15 is 0 Å². The summed E-state index contributed by atoms with van der Waals surface area (Å²) in [7, 11) is 3.65. The minimum atomic E-state index is 0.0223. The summed E-state index contributed by atoms with van der Waals surface area (Å²) < 4.78 is 27.2. The molecule has 0 bridgehead atoms.